The molecule has 9 heteroatoms. The van der Waals surface area contributed by atoms with Gasteiger partial charge in [-0.15, -0.1) is 0 Å². The first kappa shape index (κ1) is 28.5. The molecule has 202 valence electrons. The van der Waals surface area contributed by atoms with E-state index in [0.29, 0.717) is 25.1 Å². The van der Waals surface area contributed by atoms with E-state index in [1.165, 1.54) is 13.5 Å². The number of nitrogens with zero attached hydrogens (tertiary/aromatic N) is 2. The molecule has 2 aromatic rings. The second-order valence-electron chi connectivity index (χ2n) is 9.53. The van der Waals surface area contributed by atoms with Gasteiger partial charge in [0.25, 0.3) is 0 Å². The number of hydrogen-bond acceptors (Lipinski definition) is 5. The molecule has 8 nitrogen and oxygen atoms in total. The molecule has 0 spiro atoms. The lowest BCUT2D eigenvalue weighted by Crippen LogP contribution is -2.54. The van der Waals surface area contributed by atoms with E-state index in [-0.39, 0.29) is 17.6 Å². The zero-order valence-electron chi connectivity index (χ0n) is 22.1. The molecule has 0 aliphatic heterocycles. The Labute approximate surface area is 221 Å². The summed E-state index contributed by atoms with van der Waals surface area (Å²) in [5.74, 6) is -0.268. The van der Waals surface area contributed by atoms with Crippen LogP contribution in [0.1, 0.15) is 51.0 Å². The van der Waals surface area contributed by atoms with E-state index in [1.54, 1.807) is 29.2 Å². The van der Waals surface area contributed by atoms with E-state index < -0.39 is 28.5 Å². The predicted octanol–water partition coefficient (Wildman–Crippen LogP) is 3.76. The molecule has 0 radical (unpaired) electrons. The van der Waals surface area contributed by atoms with Crippen molar-refractivity contribution in [3.63, 3.8) is 0 Å². The molecule has 1 aliphatic rings. The van der Waals surface area contributed by atoms with Crippen LogP contribution in [0.3, 0.4) is 0 Å². The first-order valence-electron chi connectivity index (χ1n) is 13.0. The number of methoxy groups -OCH3 is 1. The van der Waals surface area contributed by atoms with Crippen molar-refractivity contribution < 1.29 is 22.7 Å². The molecule has 1 saturated carbocycles. The lowest BCUT2D eigenvalue weighted by molar-refractivity contribution is -0.140. The summed E-state index contributed by atoms with van der Waals surface area (Å²) in [7, 11) is -2.36. The monoisotopic (exact) mass is 529 g/mol. The molecule has 0 bridgehead atoms. The van der Waals surface area contributed by atoms with E-state index in [4.69, 9.17) is 4.74 Å². The largest absolute Gasteiger partial charge is 0.495 e. The highest BCUT2D eigenvalue weighted by Gasteiger charge is 2.33. The van der Waals surface area contributed by atoms with Crippen LogP contribution in [-0.2, 0) is 26.0 Å². The number of benzene rings is 2. The van der Waals surface area contributed by atoms with Gasteiger partial charge in [-0.05, 0) is 43.4 Å². The molecular formula is C28H39N3O5S. The van der Waals surface area contributed by atoms with Crippen molar-refractivity contribution in [2.75, 3.05) is 30.8 Å². The minimum absolute atomic E-state index is 0.113. The van der Waals surface area contributed by atoms with Gasteiger partial charge in [0.05, 0.1) is 19.1 Å². The summed E-state index contributed by atoms with van der Waals surface area (Å²) >= 11 is 0. The Bertz CT molecular complexity index is 1130. The molecule has 0 aromatic heterocycles. The molecule has 1 N–H and O–H groups in total. The fourth-order valence-corrected chi connectivity index (χ4v) is 5.72. The smallest absolute Gasteiger partial charge is 0.244 e. The average molecular weight is 530 g/mol. The maximum absolute atomic E-state index is 13.8. The fraction of sp³-hybridized carbons (Fsp3) is 0.500. The molecular weight excluding hydrogens is 490 g/mol. The van der Waals surface area contributed by atoms with Gasteiger partial charge in [-0.1, -0.05) is 68.7 Å². The highest BCUT2D eigenvalue weighted by atomic mass is 32.2. The highest BCUT2D eigenvalue weighted by Crippen LogP contribution is 2.29. The van der Waals surface area contributed by atoms with Gasteiger partial charge in [0, 0.05) is 12.6 Å². The third-order valence-electron chi connectivity index (χ3n) is 6.85. The number of carbonyl (C=O) groups is 2. The van der Waals surface area contributed by atoms with Crippen LogP contribution in [0.15, 0.2) is 54.6 Å². The van der Waals surface area contributed by atoms with Crippen molar-refractivity contribution in [3.8, 4) is 5.75 Å². The molecule has 1 fully saturated rings. The van der Waals surface area contributed by atoms with Gasteiger partial charge in [-0.2, -0.15) is 0 Å². The zero-order chi connectivity index (χ0) is 26.8. The number of carbonyl (C=O) groups excluding carboxylic acids is 2. The number of sulfonamides is 1. The Morgan fingerprint density at radius 1 is 1.03 bits per heavy atom. The lowest BCUT2D eigenvalue weighted by Gasteiger charge is -2.34. The number of ether oxygens (including phenoxy) is 1. The van der Waals surface area contributed by atoms with E-state index in [9.17, 15) is 18.0 Å². The van der Waals surface area contributed by atoms with E-state index in [2.05, 4.69) is 5.32 Å². The van der Waals surface area contributed by atoms with Crippen LogP contribution in [-0.4, -0.2) is 63.7 Å². The van der Waals surface area contributed by atoms with Gasteiger partial charge in [-0.25, -0.2) is 8.42 Å². The summed E-state index contributed by atoms with van der Waals surface area (Å²) in [4.78, 5) is 28.7. The van der Waals surface area contributed by atoms with Crippen LogP contribution in [0.4, 0.5) is 5.69 Å². The Morgan fingerprint density at radius 2 is 1.68 bits per heavy atom. The molecule has 2 aromatic carbocycles. The average Bonchev–Trinajstić information content (AvgIpc) is 2.90. The predicted molar refractivity (Wildman–Crippen MR) is 146 cm³/mol. The summed E-state index contributed by atoms with van der Waals surface area (Å²) in [6, 6.07) is 15.8. The molecule has 0 saturated heterocycles. The van der Waals surface area contributed by atoms with Crippen molar-refractivity contribution in [1.82, 2.24) is 10.2 Å². The third-order valence-corrected chi connectivity index (χ3v) is 7.98. The minimum Gasteiger partial charge on any atom is -0.495 e. The summed E-state index contributed by atoms with van der Waals surface area (Å²) < 4.78 is 32.0. The number of para-hydroxylation sites is 2. The summed E-state index contributed by atoms with van der Waals surface area (Å²) in [5.41, 5.74) is 1.32. The quantitative estimate of drug-likeness (QED) is 0.452. The molecule has 0 unspecified atom stereocenters. The normalized spacial score (nSPS) is 15.0. The molecule has 3 rings (SSSR count). The highest BCUT2D eigenvalue weighted by molar-refractivity contribution is 7.92. The van der Waals surface area contributed by atoms with Crippen molar-refractivity contribution in [3.05, 3.63) is 60.2 Å². The van der Waals surface area contributed by atoms with Crippen LogP contribution in [0.2, 0.25) is 0 Å². The van der Waals surface area contributed by atoms with Crippen molar-refractivity contribution in [2.45, 2.75) is 64.0 Å². The SMILES string of the molecule is CC[C@@H](C(=O)NC1CCCCC1)N(CCc1ccccc1)C(=O)CN(c1ccccc1OC)S(C)(=O)=O. The zero-order valence-corrected chi connectivity index (χ0v) is 22.9. The second-order valence-corrected chi connectivity index (χ2v) is 11.4. The first-order valence-corrected chi connectivity index (χ1v) is 14.8. The standard InChI is InChI=1S/C28H39N3O5S/c1-4-24(28(33)29-23-15-9-6-10-16-23)30(20-19-22-13-7-5-8-14-22)27(32)21-31(37(3,34)35)25-17-11-12-18-26(25)36-2/h5,7-8,11-14,17-18,23-24H,4,6,9-10,15-16,19-21H2,1-3H3,(H,29,33)/t24-/m0/s1. The Hall–Kier alpha value is -3.07. The van der Waals surface area contributed by atoms with Gasteiger partial charge >= 0.3 is 0 Å². The Kier molecular flexibility index (Phi) is 10.4. The lowest BCUT2D eigenvalue weighted by atomic mass is 9.95. The molecule has 1 atom stereocenters. The Morgan fingerprint density at radius 3 is 2.30 bits per heavy atom. The molecule has 0 heterocycles. The maximum atomic E-state index is 13.8. The van der Waals surface area contributed by atoms with Gasteiger partial charge in [0.1, 0.15) is 18.3 Å². The van der Waals surface area contributed by atoms with Gasteiger partial charge in [0.2, 0.25) is 21.8 Å². The minimum atomic E-state index is -3.82. The van der Waals surface area contributed by atoms with Gasteiger partial charge < -0.3 is 15.0 Å². The number of anilines is 1. The van der Waals surface area contributed by atoms with Crippen molar-refractivity contribution >= 4 is 27.5 Å². The second kappa shape index (κ2) is 13.5. The maximum Gasteiger partial charge on any atom is 0.244 e. The van der Waals surface area contributed by atoms with Crippen LogP contribution in [0.5, 0.6) is 5.75 Å². The number of rotatable bonds is 12. The summed E-state index contributed by atoms with van der Waals surface area (Å²) in [6.45, 7) is 1.74. The van der Waals surface area contributed by atoms with Crippen LogP contribution >= 0.6 is 0 Å². The van der Waals surface area contributed by atoms with Gasteiger partial charge in [-0.3, -0.25) is 13.9 Å². The number of amides is 2. The molecule has 2 amide bonds. The first-order chi connectivity index (χ1) is 17.7. The topological polar surface area (TPSA) is 96.0 Å². The van der Waals surface area contributed by atoms with E-state index in [0.717, 1.165) is 41.8 Å². The molecule has 37 heavy (non-hydrogen) atoms. The summed E-state index contributed by atoms with van der Waals surface area (Å²) in [6.07, 6.45) is 7.26. The third kappa shape index (κ3) is 7.95. The number of nitrogens with one attached hydrogen (secondary N) is 1. The summed E-state index contributed by atoms with van der Waals surface area (Å²) in [5, 5.41) is 3.15. The molecule has 1 aliphatic carbocycles. The van der Waals surface area contributed by atoms with Crippen LogP contribution in [0.25, 0.3) is 0 Å². The van der Waals surface area contributed by atoms with Crippen molar-refractivity contribution in [1.29, 1.82) is 0 Å². The van der Waals surface area contributed by atoms with E-state index >= 15 is 0 Å². The fourth-order valence-electron chi connectivity index (χ4n) is 4.87. The number of hydrogen-bond donors (Lipinski definition) is 1. The van der Waals surface area contributed by atoms with Gasteiger partial charge in [0.15, 0.2) is 0 Å². The Balaban J connectivity index is 1.88. The van der Waals surface area contributed by atoms with Crippen LogP contribution < -0.4 is 14.4 Å². The van der Waals surface area contributed by atoms with Crippen molar-refractivity contribution in [2.24, 2.45) is 0 Å². The van der Waals surface area contributed by atoms with E-state index in [1.807, 2.05) is 37.3 Å². The van der Waals surface area contributed by atoms with Crippen LogP contribution in [0, 0.1) is 0 Å².